The van der Waals surface area contributed by atoms with Gasteiger partial charge < -0.3 is 14.2 Å². The van der Waals surface area contributed by atoms with Gasteiger partial charge in [0, 0.05) is 10.9 Å². The summed E-state index contributed by atoms with van der Waals surface area (Å²) >= 11 is 1.42. The second-order valence-electron chi connectivity index (χ2n) is 5.61. The Bertz CT molecular complexity index is 905. The molecule has 0 bridgehead atoms. The summed E-state index contributed by atoms with van der Waals surface area (Å²) in [6.07, 6.45) is 0. The van der Waals surface area contributed by atoms with Gasteiger partial charge in [-0.2, -0.15) is 0 Å². The van der Waals surface area contributed by atoms with Crippen LogP contribution in [0.1, 0.15) is 21.6 Å². The summed E-state index contributed by atoms with van der Waals surface area (Å²) in [5, 5.41) is 2.51. The van der Waals surface area contributed by atoms with Crippen molar-refractivity contribution in [3.63, 3.8) is 0 Å². The van der Waals surface area contributed by atoms with Crippen molar-refractivity contribution >= 4 is 17.3 Å². The molecule has 0 fully saturated rings. The van der Waals surface area contributed by atoms with Gasteiger partial charge in [-0.25, -0.2) is 9.78 Å². The summed E-state index contributed by atoms with van der Waals surface area (Å²) in [6.45, 7) is 2.07. The van der Waals surface area contributed by atoms with Crippen LogP contribution in [-0.4, -0.2) is 25.2 Å². The number of carbonyl (C=O) groups is 1. The van der Waals surface area contributed by atoms with Gasteiger partial charge in [0.25, 0.3) is 0 Å². The highest BCUT2D eigenvalue weighted by Crippen LogP contribution is 2.31. The molecule has 0 amide bonds. The highest BCUT2D eigenvalue weighted by molar-refractivity contribution is 7.13. The van der Waals surface area contributed by atoms with Crippen LogP contribution in [-0.2, 0) is 11.3 Å². The fourth-order valence-electron chi connectivity index (χ4n) is 2.48. The zero-order valence-corrected chi connectivity index (χ0v) is 15.6. The maximum Gasteiger partial charge on any atom is 0.358 e. The third-order valence-electron chi connectivity index (χ3n) is 3.93. The lowest BCUT2D eigenvalue weighted by Crippen LogP contribution is -2.07. The van der Waals surface area contributed by atoms with Crippen LogP contribution >= 0.6 is 11.3 Å². The van der Waals surface area contributed by atoms with Crippen LogP contribution in [0.25, 0.3) is 10.6 Å². The molecule has 0 N–H and O–H groups in total. The van der Waals surface area contributed by atoms with Crippen LogP contribution in [0.4, 0.5) is 0 Å². The molecule has 0 radical (unpaired) electrons. The van der Waals surface area contributed by atoms with Gasteiger partial charge in [0.2, 0.25) is 0 Å². The lowest BCUT2D eigenvalue weighted by Gasteiger charge is -2.12. The summed E-state index contributed by atoms with van der Waals surface area (Å²) < 4.78 is 16.0. The maximum absolute atomic E-state index is 12.3. The zero-order valence-electron chi connectivity index (χ0n) is 14.8. The molecule has 3 rings (SSSR count). The molecule has 5 nitrogen and oxygen atoms in total. The van der Waals surface area contributed by atoms with Gasteiger partial charge in [-0.05, 0) is 30.2 Å². The van der Waals surface area contributed by atoms with Gasteiger partial charge in [-0.3, -0.25) is 0 Å². The van der Waals surface area contributed by atoms with Crippen molar-refractivity contribution in [3.05, 3.63) is 64.7 Å². The maximum atomic E-state index is 12.3. The van der Waals surface area contributed by atoms with Gasteiger partial charge in [0.1, 0.15) is 11.6 Å². The van der Waals surface area contributed by atoms with Gasteiger partial charge in [-0.1, -0.05) is 30.3 Å². The van der Waals surface area contributed by atoms with E-state index in [-0.39, 0.29) is 6.61 Å². The first kappa shape index (κ1) is 17.9. The minimum Gasteiger partial charge on any atom is -0.493 e. The molecule has 0 aliphatic carbocycles. The molecule has 6 heteroatoms. The number of benzene rings is 2. The SMILES string of the molecule is COc1cc(C)c(COC(=O)c2csc(-c3ccccc3)n2)cc1OC. The number of thiazole rings is 1. The second kappa shape index (κ2) is 8.01. The Morgan fingerprint density at radius 1 is 1.08 bits per heavy atom. The minimum absolute atomic E-state index is 0.142. The molecule has 0 aliphatic rings. The third-order valence-corrected chi connectivity index (χ3v) is 4.83. The number of esters is 1. The van der Waals surface area contributed by atoms with E-state index >= 15 is 0 Å². The number of rotatable bonds is 6. The molecule has 0 unspecified atom stereocenters. The van der Waals surface area contributed by atoms with Crippen molar-refractivity contribution in [2.45, 2.75) is 13.5 Å². The van der Waals surface area contributed by atoms with E-state index in [9.17, 15) is 4.79 Å². The number of methoxy groups -OCH3 is 2. The molecule has 134 valence electrons. The Kier molecular flexibility index (Phi) is 5.53. The van der Waals surface area contributed by atoms with E-state index in [0.717, 1.165) is 21.7 Å². The van der Waals surface area contributed by atoms with E-state index < -0.39 is 5.97 Å². The first-order valence-corrected chi connectivity index (χ1v) is 8.90. The lowest BCUT2D eigenvalue weighted by molar-refractivity contribution is 0.0466. The molecule has 0 saturated heterocycles. The quantitative estimate of drug-likeness (QED) is 0.599. The molecular weight excluding hydrogens is 350 g/mol. The first-order chi connectivity index (χ1) is 12.6. The Morgan fingerprint density at radius 2 is 1.77 bits per heavy atom. The number of hydrogen-bond donors (Lipinski definition) is 0. The number of aromatic nitrogens is 1. The van der Waals surface area contributed by atoms with Crippen molar-refractivity contribution in [2.24, 2.45) is 0 Å². The smallest absolute Gasteiger partial charge is 0.358 e. The highest BCUT2D eigenvalue weighted by Gasteiger charge is 2.15. The summed E-state index contributed by atoms with van der Waals surface area (Å²) in [5.41, 5.74) is 3.10. The molecule has 0 atom stereocenters. The highest BCUT2D eigenvalue weighted by atomic mass is 32.1. The number of aryl methyl sites for hydroxylation is 1. The van der Waals surface area contributed by atoms with Crippen molar-refractivity contribution in [3.8, 4) is 22.1 Å². The van der Waals surface area contributed by atoms with E-state index in [1.807, 2.05) is 49.4 Å². The summed E-state index contributed by atoms with van der Waals surface area (Å²) in [5.74, 6) is 0.800. The van der Waals surface area contributed by atoms with E-state index in [4.69, 9.17) is 14.2 Å². The molecular formula is C20H19NO4S. The fraction of sp³-hybridized carbons (Fsp3) is 0.200. The molecule has 0 aliphatic heterocycles. The van der Waals surface area contributed by atoms with Crippen molar-refractivity contribution in [2.75, 3.05) is 14.2 Å². The summed E-state index contributed by atoms with van der Waals surface area (Å²) in [7, 11) is 3.16. The van der Waals surface area contributed by atoms with Gasteiger partial charge >= 0.3 is 5.97 Å². The molecule has 1 aromatic heterocycles. The van der Waals surface area contributed by atoms with Gasteiger partial charge in [-0.15, -0.1) is 11.3 Å². The molecule has 0 saturated carbocycles. The normalized spacial score (nSPS) is 10.4. The van der Waals surface area contributed by atoms with Crippen LogP contribution < -0.4 is 9.47 Å². The summed E-state index contributed by atoms with van der Waals surface area (Å²) in [4.78, 5) is 16.7. The third kappa shape index (κ3) is 3.86. The van der Waals surface area contributed by atoms with Crippen LogP contribution in [0.3, 0.4) is 0 Å². The Morgan fingerprint density at radius 3 is 2.46 bits per heavy atom. The number of ether oxygens (including phenoxy) is 3. The first-order valence-electron chi connectivity index (χ1n) is 8.02. The average Bonchev–Trinajstić information content (AvgIpc) is 3.17. The summed E-state index contributed by atoms with van der Waals surface area (Å²) in [6, 6.07) is 13.4. The Hall–Kier alpha value is -2.86. The van der Waals surface area contributed by atoms with Crippen LogP contribution in [0.15, 0.2) is 47.8 Å². The van der Waals surface area contributed by atoms with Gasteiger partial charge in [0.05, 0.1) is 14.2 Å². The molecule has 2 aromatic carbocycles. The van der Waals surface area contributed by atoms with Crippen LogP contribution in [0, 0.1) is 6.92 Å². The standard InChI is InChI=1S/C20H19NO4S/c1-13-9-17(23-2)18(24-3)10-15(13)11-25-20(22)16-12-26-19(21-16)14-7-5-4-6-8-14/h4-10,12H,11H2,1-3H3. The number of carbonyl (C=O) groups excluding carboxylic acids is 1. The second-order valence-corrected chi connectivity index (χ2v) is 6.47. The van der Waals surface area contributed by atoms with Crippen LogP contribution in [0.5, 0.6) is 11.5 Å². The molecule has 3 aromatic rings. The Labute approximate surface area is 156 Å². The zero-order chi connectivity index (χ0) is 18.5. The fourth-order valence-corrected chi connectivity index (χ4v) is 3.27. The number of hydrogen-bond acceptors (Lipinski definition) is 6. The predicted molar refractivity (Wildman–Crippen MR) is 101 cm³/mol. The predicted octanol–water partition coefficient (Wildman–Crippen LogP) is 4.49. The van der Waals surface area contributed by atoms with E-state index in [2.05, 4.69) is 4.98 Å². The molecule has 26 heavy (non-hydrogen) atoms. The van der Waals surface area contributed by atoms with Crippen LogP contribution in [0.2, 0.25) is 0 Å². The van der Waals surface area contributed by atoms with E-state index in [0.29, 0.717) is 17.2 Å². The minimum atomic E-state index is -0.447. The monoisotopic (exact) mass is 369 g/mol. The van der Waals surface area contributed by atoms with Gasteiger partial charge in [0.15, 0.2) is 17.2 Å². The van der Waals surface area contributed by atoms with Crippen molar-refractivity contribution in [1.82, 2.24) is 4.98 Å². The Balaban J connectivity index is 1.71. The van der Waals surface area contributed by atoms with Crippen molar-refractivity contribution in [1.29, 1.82) is 0 Å². The molecule has 1 heterocycles. The van der Waals surface area contributed by atoms with E-state index in [1.54, 1.807) is 19.6 Å². The average molecular weight is 369 g/mol. The number of nitrogens with zero attached hydrogens (tertiary/aromatic N) is 1. The lowest BCUT2D eigenvalue weighted by atomic mass is 10.1. The molecule has 0 spiro atoms. The topological polar surface area (TPSA) is 57.7 Å². The van der Waals surface area contributed by atoms with Crippen molar-refractivity contribution < 1.29 is 19.0 Å². The largest absolute Gasteiger partial charge is 0.493 e. The van der Waals surface area contributed by atoms with E-state index in [1.165, 1.54) is 11.3 Å².